The topological polar surface area (TPSA) is 99.7 Å². The lowest BCUT2D eigenvalue weighted by Crippen LogP contribution is -2.54. The number of benzene rings is 2. The highest BCUT2D eigenvalue weighted by molar-refractivity contribution is 7.89. The van der Waals surface area contributed by atoms with Gasteiger partial charge in [-0.05, 0) is 67.6 Å². The highest BCUT2D eigenvalue weighted by Gasteiger charge is 2.38. The Morgan fingerprint density at radius 2 is 1.57 bits per heavy atom. The number of rotatable bonds is 6. The van der Waals surface area contributed by atoms with Gasteiger partial charge in [-0.3, -0.25) is 14.6 Å². The van der Waals surface area contributed by atoms with E-state index in [-0.39, 0.29) is 28.7 Å². The number of aromatic nitrogens is 1. The van der Waals surface area contributed by atoms with Crippen LogP contribution in [0.1, 0.15) is 53.2 Å². The Labute approximate surface area is 242 Å². The minimum absolute atomic E-state index is 0.0265. The van der Waals surface area contributed by atoms with Crippen molar-refractivity contribution in [1.82, 2.24) is 19.5 Å². The second kappa shape index (κ2) is 12.2. The third kappa shape index (κ3) is 6.65. The van der Waals surface area contributed by atoms with Crippen molar-refractivity contribution in [3.8, 4) is 0 Å². The predicted octanol–water partition coefficient (Wildman–Crippen LogP) is 4.66. The lowest BCUT2D eigenvalue weighted by Gasteiger charge is -2.43. The van der Waals surface area contributed by atoms with E-state index < -0.39 is 27.8 Å². The molecule has 1 aromatic heterocycles. The maximum atomic E-state index is 13.8. The number of carbonyl (C=O) groups excluding carboxylic acids is 2. The number of piperazine rings is 1. The van der Waals surface area contributed by atoms with Crippen molar-refractivity contribution in [2.75, 3.05) is 19.6 Å². The quantitative estimate of drug-likeness (QED) is 0.444. The van der Waals surface area contributed by atoms with Crippen LogP contribution in [0.4, 0.5) is 13.2 Å². The Hall–Kier alpha value is -3.77. The van der Waals surface area contributed by atoms with Crippen molar-refractivity contribution in [3.63, 3.8) is 0 Å². The molecule has 5 rings (SSSR count). The largest absolute Gasteiger partial charge is 0.416 e. The minimum atomic E-state index is -4.55. The number of halogens is 3. The molecule has 1 atom stereocenters. The van der Waals surface area contributed by atoms with Gasteiger partial charge in [0.05, 0.1) is 22.1 Å². The standard InChI is InChI=1S/C30H31F3N4O4S/c31-30(32,33)24-10-14-26(15-11-24)42(40,41)35-25-12-8-22(9-13-25)29(39)37-18-17-36(28(38)23-7-4-16-34-19-23)20-27(37)21-5-2-1-3-6-21/h1-7,10-11,14-16,19,22,25,27,35H,8-9,12-13,17-18,20H2/t22?,25?,27-/m1/s1. The maximum Gasteiger partial charge on any atom is 0.416 e. The van der Waals surface area contributed by atoms with Gasteiger partial charge in [-0.1, -0.05) is 30.3 Å². The number of nitrogens with zero attached hydrogens (tertiary/aromatic N) is 3. The van der Waals surface area contributed by atoms with Gasteiger partial charge in [-0.15, -0.1) is 0 Å². The van der Waals surface area contributed by atoms with Gasteiger partial charge in [0.2, 0.25) is 15.9 Å². The highest BCUT2D eigenvalue weighted by Crippen LogP contribution is 2.33. The van der Waals surface area contributed by atoms with E-state index in [4.69, 9.17) is 0 Å². The van der Waals surface area contributed by atoms with Crippen LogP contribution < -0.4 is 4.72 Å². The zero-order chi connectivity index (χ0) is 29.9. The van der Waals surface area contributed by atoms with Gasteiger partial charge >= 0.3 is 6.18 Å². The summed E-state index contributed by atoms with van der Waals surface area (Å²) in [6.07, 6.45) is 0.361. The van der Waals surface area contributed by atoms with Gasteiger partial charge in [-0.2, -0.15) is 13.2 Å². The monoisotopic (exact) mass is 600 g/mol. The van der Waals surface area contributed by atoms with Crippen molar-refractivity contribution in [3.05, 3.63) is 95.8 Å². The number of alkyl halides is 3. The van der Waals surface area contributed by atoms with Crippen LogP contribution in [0.2, 0.25) is 0 Å². The Balaban J connectivity index is 1.23. The first-order valence-electron chi connectivity index (χ1n) is 13.8. The van der Waals surface area contributed by atoms with Crippen LogP contribution in [0.25, 0.3) is 0 Å². The summed E-state index contributed by atoms with van der Waals surface area (Å²) in [7, 11) is -4.02. The summed E-state index contributed by atoms with van der Waals surface area (Å²) in [5.41, 5.74) is 0.491. The molecule has 2 aliphatic rings. The molecule has 1 saturated heterocycles. The van der Waals surface area contributed by atoms with E-state index in [0.717, 1.165) is 29.8 Å². The second-order valence-electron chi connectivity index (χ2n) is 10.6. The first-order chi connectivity index (χ1) is 20.0. The fraction of sp³-hybridized carbons (Fsp3) is 0.367. The summed E-state index contributed by atoms with van der Waals surface area (Å²) in [6, 6.07) is 15.6. The van der Waals surface area contributed by atoms with Crippen LogP contribution in [-0.2, 0) is 21.0 Å². The van der Waals surface area contributed by atoms with Gasteiger partial charge in [0.25, 0.3) is 5.91 Å². The summed E-state index contributed by atoms with van der Waals surface area (Å²) < 4.78 is 66.8. The second-order valence-corrected chi connectivity index (χ2v) is 12.4. The van der Waals surface area contributed by atoms with E-state index in [0.29, 0.717) is 50.9 Å². The smallest absolute Gasteiger partial charge is 0.334 e. The summed E-state index contributed by atoms with van der Waals surface area (Å²) in [5.74, 6) is -0.470. The first-order valence-corrected chi connectivity index (χ1v) is 15.3. The van der Waals surface area contributed by atoms with Gasteiger partial charge in [0.15, 0.2) is 0 Å². The molecule has 0 spiro atoms. The SMILES string of the molecule is O=C(c1cccnc1)N1CCN(C(=O)C2CCC(NS(=O)(=O)c3ccc(C(F)(F)F)cc3)CC2)[C@@H](c2ccccc2)C1. The van der Waals surface area contributed by atoms with Gasteiger partial charge in [-0.25, -0.2) is 13.1 Å². The maximum absolute atomic E-state index is 13.8. The van der Waals surface area contributed by atoms with Crippen molar-refractivity contribution >= 4 is 21.8 Å². The molecule has 2 fully saturated rings. The zero-order valence-corrected chi connectivity index (χ0v) is 23.5. The number of nitrogens with one attached hydrogen (secondary N) is 1. The van der Waals surface area contributed by atoms with Crippen LogP contribution >= 0.6 is 0 Å². The fourth-order valence-corrected chi connectivity index (χ4v) is 6.97. The first kappa shape index (κ1) is 29.7. The number of hydrogen-bond donors (Lipinski definition) is 1. The van der Waals surface area contributed by atoms with E-state index in [1.165, 1.54) is 6.20 Å². The predicted molar refractivity (Wildman–Crippen MR) is 149 cm³/mol. The van der Waals surface area contributed by atoms with E-state index in [9.17, 15) is 31.2 Å². The molecule has 3 aromatic rings. The number of sulfonamides is 1. The Morgan fingerprint density at radius 1 is 0.881 bits per heavy atom. The van der Waals surface area contributed by atoms with Crippen molar-refractivity contribution in [2.45, 2.75) is 48.8 Å². The Kier molecular flexibility index (Phi) is 8.65. The van der Waals surface area contributed by atoms with Crippen molar-refractivity contribution in [1.29, 1.82) is 0 Å². The molecule has 1 aliphatic heterocycles. The molecule has 12 heteroatoms. The molecule has 1 saturated carbocycles. The van der Waals surface area contributed by atoms with E-state index in [2.05, 4.69) is 9.71 Å². The third-order valence-electron chi connectivity index (χ3n) is 7.93. The van der Waals surface area contributed by atoms with Crippen LogP contribution in [0, 0.1) is 5.92 Å². The van der Waals surface area contributed by atoms with Gasteiger partial charge in [0.1, 0.15) is 0 Å². The molecule has 222 valence electrons. The zero-order valence-electron chi connectivity index (χ0n) is 22.7. The lowest BCUT2D eigenvalue weighted by molar-refractivity contribution is -0.141. The summed E-state index contributed by atoms with van der Waals surface area (Å²) in [5, 5.41) is 0. The molecular weight excluding hydrogens is 569 g/mol. The highest BCUT2D eigenvalue weighted by atomic mass is 32.2. The van der Waals surface area contributed by atoms with Gasteiger partial charge in [0, 0.05) is 44.0 Å². The van der Waals surface area contributed by atoms with Crippen LogP contribution in [0.5, 0.6) is 0 Å². The third-order valence-corrected chi connectivity index (χ3v) is 9.47. The molecule has 2 amide bonds. The summed E-state index contributed by atoms with van der Waals surface area (Å²) in [6.45, 7) is 1.09. The number of hydrogen-bond acceptors (Lipinski definition) is 5. The molecule has 2 aromatic carbocycles. The Morgan fingerprint density at radius 3 is 2.19 bits per heavy atom. The molecule has 0 bridgehead atoms. The van der Waals surface area contributed by atoms with Crippen LogP contribution in [-0.4, -0.2) is 60.7 Å². The molecule has 1 aliphatic carbocycles. The van der Waals surface area contributed by atoms with E-state index in [1.807, 2.05) is 35.2 Å². The average Bonchev–Trinajstić information content (AvgIpc) is 3.01. The summed E-state index contributed by atoms with van der Waals surface area (Å²) in [4.78, 5) is 34.3. The average molecular weight is 601 g/mol. The molecule has 1 N–H and O–H groups in total. The summed E-state index contributed by atoms with van der Waals surface area (Å²) >= 11 is 0. The van der Waals surface area contributed by atoms with E-state index in [1.54, 1.807) is 23.2 Å². The number of carbonyl (C=O) groups is 2. The Bertz CT molecular complexity index is 1500. The van der Waals surface area contributed by atoms with Crippen molar-refractivity contribution < 1.29 is 31.2 Å². The van der Waals surface area contributed by atoms with Crippen molar-refractivity contribution in [2.24, 2.45) is 5.92 Å². The molecule has 2 heterocycles. The molecule has 0 radical (unpaired) electrons. The van der Waals surface area contributed by atoms with E-state index >= 15 is 0 Å². The minimum Gasteiger partial charge on any atom is -0.334 e. The normalized spacial score (nSPS) is 21.6. The van der Waals surface area contributed by atoms with Gasteiger partial charge < -0.3 is 9.80 Å². The molecule has 0 unspecified atom stereocenters. The molecule has 42 heavy (non-hydrogen) atoms. The lowest BCUT2D eigenvalue weighted by atomic mass is 9.85. The molecular formula is C30H31F3N4O4S. The fourth-order valence-electron chi connectivity index (χ4n) is 5.67. The van der Waals surface area contributed by atoms with Crippen LogP contribution in [0.3, 0.4) is 0 Å². The molecule has 8 nitrogen and oxygen atoms in total. The number of pyridine rings is 1. The number of amides is 2. The van der Waals surface area contributed by atoms with Crippen LogP contribution in [0.15, 0.2) is 84.0 Å².